The molecule has 2 nitrogen and oxygen atoms in total. The first kappa shape index (κ1) is 14.9. The minimum atomic E-state index is 0.149. The van der Waals surface area contributed by atoms with Gasteiger partial charge in [0.15, 0.2) is 0 Å². The van der Waals surface area contributed by atoms with Gasteiger partial charge >= 0.3 is 0 Å². The van der Waals surface area contributed by atoms with Gasteiger partial charge in [0.25, 0.3) is 0 Å². The molecule has 0 aliphatic heterocycles. The SMILES string of the molecule is CCN(c1ccc(Br)cc1CNC(C)(C)C)C1CC1. The van der Waals surface area contributed by atoms with Crippen LogP contribution in [-0.2, 0) is 6.54 Å². The van der Waals surface area contributed by atoms with Gasteiger partial charge in [0.2, 0.25) is 0 Å². The summed E-state index contributed by atoms with van der Waals surface area (Å²) in [7, 11) is 0. The molecule has 1 aliphatic carbocycles. The molecule has 1 aliphatic rings. The number of rotatable bonds is 5. The molecule has 0 aromatic heterocycles. The van der Waals surface area contributed by atoms with Gasteiger partial charge in [0.1, 0.15) is 0 Å². The third-order valence-electron chi connectivity index (χ3n) is 3.49. The molecule has 0 bridgehead atoms. The molecule has 1 aromatic rings. The van der Waals surface area contributed by atoms with E-state index in [1.165, 1.54) is 24.1 Å². The zero-order valence-electron chi connectivity index (χ0n) is 12.5. The predicted octanol–water partition coefficient (Wildman–Crippen LogP) is 4.33. The third-order valence-corrected chi connectivity index (χ3v) is 3.98. The van der Waals surface area contributed by atoms with E-state index in [2.05, 4.69) is 72.0 Å². The van der Waals surface area contributed by atoms with Crippen LogP contribution in [0.4, 0.5) is 5.69 Å². The van der Waals surface area contributed by atoms with Gasteiger partial charge in [-0.1, -0.05) is 15.9 Å². The molecule has 1 fully saturated rings. The van der Waals surface area contributed by atoms with Crippen molar-refractivity contribution in [2.75, 3.05) is 11.4 Å². The summed E-state index contributed by atoms with van der Waals surface area (Å²) in [5, 5.41) is 3.60. The third kappa shape index (κ3) is 4.22. The van der Waals surface area contributed by atoms with Gasteiger partial charge in [-0.15, -0.1) is 0 Å². The number of benzene rings is 1. The first-order valence-electron chi connectivity index (χ1n) is 7.21. The maximum atomic E-state index is 3.60. The van der Waals surface area contributed by atoms with E-state index in [4.69, 9.17) is 0 Å². The zero-order chi connectivity index (χ0) is 14.0. The standard InChI is InChI=1S/C16H25BrN2/c1-5-19(14-7-8-14)15-9-6-13(17)10-12(15)11-18-16(2,3)4/h6,9-10,14,18H,5,7-8,11H2,1-4H3. The molecule has 0 amide bonds. The van der Waals surface area contributed by atoms with E-state index in [9.17, 15) is 0 Å². The number of hydrogen-bond acceptors (Lipinski definition) is 2. The Morgan fingerprint density at radius 3 is 2.53 bits per heavy atom. The van der Waals surface area contributed by atoms with Gasteiger partial charge in [-0.3, -0.25) is 0 Å². The van der Waals surface area contributed by atoms with Crippen molar-refractivity contribution in [1.29, 1.82) is 0 Å². The molecule has 0 heterocycles. The van der Waals surface area contributed by atoms with Crippen LogP contribution in [0, 0.1) is 0 Å². The van der Waals surface area contributed by atoms with Crippen molar-refractivity contribution in [3.8, 4) is 0 Å². The summed E-state index contributed by atoms with van der Waals surface area (Å²) in [5.74, 6) is 0. The Hall–Kier alpha value is -0.540. The van der Waals surface area contributed by atoms with Crippen molar-refractivity contribution in [2.24, 2.45) is 0 Å². The van der Waals surface area contributed by atoms with Crippen molar-refractivity contribution in [3.63, 3.8) is 0 Å². The molecular formula is C16H25BrN2. The molecule has 0 unspecified atom stereocenters. The van der Waals surface area contributed by atoms with Crippen LogP contribution >= 0.6 is 15.9 Å². The Labute approximate surface area is 125 Å². The number of nitrogens with zero attached hydrogens (tertiary/aromatic N) is 1. The highest BCUT2D eigenvalue weighted by Crippen LogP contribution is 2.34. The van der Waals surface area contributed by atoms with Crippen molar-refractivity contribution >= 4 is 21.6 Å². The molecule has 2 rings (SSSR count). The average molecular weight is 325 g/mol. The number of hydrogen-bond donors (Lipinski definition) is 1. The van der Waals surface area contributed by atoms with Crippen molar-refractivity contribution in [2.45, 2.75) is 58.7 Å². The second-order valence-electron chi connectivity index (χ2n) is 6.39. The maximum Gasteiger partial charge on any atom is 0.0415 e. The summed E-state index contributed by atoms with van der Waals surface area (Å²) in [6.07, 6.45) is 2.69. The minimum absolute atomic E-state index is 0.149. The summed E-state index contributed by atoms with van der Waals surface area (Å²) < 4.78 is 1.16. The topological polar surface area (TPSA) is 15.3 Å². The largest absolute Gasteiger partial charge is 0.369 e. The van der Waals surface area contributed by atoms with Gasteiger partial charge in [0, 0.05) is 34.8 Å². The van der Waals surface area contributed by atoms with Gasteiger partial charge in [-0.25, -0.2) is 0 Å². The highest BCUT2D eigenvalue weighted by molar-refractivity contribution is 9.10. The molecule has 3 heteroatoms. The smallest absolute Gasteiger partial charge is 0.0415 e. The Kier molecular flexibility index (Phi) is 4.57. The van der Waals surface area contributed by atoms with Gasteiger partial charge in [-0.2, -0.15) is 0 Å². The predicted molar refractivity (Wildman–Crippen MR) is 86.8 cm³/mol. The van der Waals surface area contributed by atoms with E-state index < -0.39 is 0 Å². The molecule has 0 spiro atoms. The second kappa shape index (κ2) is 5.84. The maximum absolute atomic E-state index is 3.60. The fourth-order valence-corrected chi connectivity index (χ4v) is 2.76. The monoisotopic (exact) mass is 324 g/mol. The van der Waals surface area contributed by atoms with E-state index in [-0.39, 0.29) is 5.54 Å². The molecule has 0 atom stereocenters. The molecule has 19 heavy (non-hydrogen) atoms. The molecular weight excluding hydrogens is 300 g/mol. The first-order chi connectivity index (χ1) is 8.90. The van der Waals surface area contributed by atoms with E-state index in [1.54, 1.807) is 0 Å². The molecule has 0 saturated heterocycles. The zero-order valence-corrected chi connectivity index (χ0v) is 14.0. The van der Waals surface area contributed by atoms with Crippen LogP contribution in [0.1, 0.15) is 46.1 Å². The number of nitrogens with one attached hydrogen (secondary N) is 1. The van der Waals surface area contributed by atoms with Crippen molar-refractivity contribution in [1.82, 2.24) is 5.32 Å². The van der Waals surface area contributed by atoms with Crippen LogP contribution < -0.4 is 10.2 Å². The normalized spacial score (nSPS) is 15.6. The highest BCUT2D eigenvalue weighted by atomic mass is 79.9. The van der Waals surface area contributed by atoms with Gasteiger partial charge in [0.05, 0.1) is 0 Å². The molecule has 0 radical (unpaired) electrons. The fourth-order valence-electron chi connectivity index (χ4n) is 2.35. The van der Waals surface area contributed by atoms with Crippen LogP contribution in [-0.4, -0.2) is 18.1 Å². The summed E-state index contributed by atoms with van der Waals surface area (Å²) in [4.78, 5) is 2.55. The Balaban J connectivity index is 2.21. The lowest BCUT2D eigenvalue weighted by Crippen LogP contribution is -2.36. The quantitative estimate of drug-likeness (QED) is 0.867. The summed E-state index contributed by atoms with van der Waals surface area (Å²) in [5.41, 5.74) is 2.93. The minimum Gasteiger partial charge on any atom is -0.369 e. The van der Waals surface area contributed by atoms with Gasteiger partial charge < -0.3 is 10.2 Å². The van der Waals surface area contributed by atoms with Crippen molar-refractivity contribution in [3.05, 3.63) is 28.2 Å². The van der Waals surface area contributed by atoms with Crippen LogP contribution in [0.3, 0.4) is 0 Å². The average Bonchev–Trinajstić information content (AvgIpc) is 3.13. The number of anilines is 1. The summed E-state index contributed by atoms with van der Waals surface area (Å²) in [6, 6.07) is 7.42. The lowest BCUT2D eigenvalue weighted by molar-refractivity contribution is 0.424. The van der Waals surface area contributed by atoms with Gasteiger partial charge in [-0.05, 0) is 64.3 Å². The number of halogens is 1. The van der Waals surface area contributed by atoms with Crippen LogP contribution in [0.2, 0.25) is 0 Å². The van der Waals surface area contributed by atoms with E-state index in [1.807, 2.05) is 0 Å². The molecule has 1 aromatic carbocycles. The van der Waals surface area contributed by atoms with Crippen LogP contribution in [0.15, 0.2) is 22.7 Å². The lowest BCUT2D eigenvalue weighted by Gasteiger charge is -2.28. The molecule has 1 saturated carbocycles. The van der Waals surface area contributed by atoms with E-state index >= 15 is 0 Å². The van der Waals surface area contributed by atoms with Crippen LogP contribution in [0.5, 0.6) is 0 Å². The molecule has 1 N–H and O–H groups in total. The lowest BCUT2D eigenvalue weighted by atomic mass is 10.1. The summed E-state index contributed by atoms with van der Waals surface area (Å²) >= 11 is 3.59. The highest BCUT2D eigenvalue weighted by Gasteiger charge is 2.29. The van der Waals surface area contributed by atoms with E-state index in [0.717, 1.165) is 23.6 Å². The Morgan fingerprint density at radius 1 is 1.32 bits per heavy atom. The first-order valence-corrected chi connectivity index (χ1v) is 8.00. The van der Waals surface area contributed by atoms with Crippen molar-refractivity contribution < 1.29 is 0 Å². The van der Waals surface area contributed by atoms with E-state index in [0.29, 0.717) is 0 Å². The summed E-state index contributed by atoms with van der Waals surface area (Å²) in [6.45, 7) is 10.9. The Bertz CT molecular complexity index is 433. The second-order valence-corrected chi connectivity index (χ2v) is 7.31. The molecule has 106 valence electrons. The van der Waals surface area contributed by atoms with Crippen LogP contribution in [0.25, 0.3) is 0 Å². The fraction of sp³-hybridized carbons (Fsp3) is 0.625. The Morgan fingerprint density at radius 2 is 2.00 bits per heavy atom.